The van der Waals surface area contributed by atoms with Crippen molar-refractivity contribution < 1.29 is 17.6 Å². The van der Waals surface area contributed by atoms with E-state index < -0.39 is 17.6 Å². The Balaban J connectivity index is 5.20. The van der Waals surface area contributed by atoms with Gasteiger partial charge < -0.3 is 0 Å². The summed E-state index contributed by atoms with van der Waals surface area (Å²) in [5, 5.41) is 0. The molecule has 0 unspecified atom stereocenters. The van der Waals surface area contributed by atoms with Gasteiger partial charge in [0.2, 0.25) is 0 Å². The molecule has 0 heterocycles. The zero-order chi connectivity index (χ0) is 10.6. The van der Waals surface area contributed by atoms with E-state index in [9.17, 15) is 17.6 Å². The molecule has 0 bridgehead atoms. The Morgan fingerprint density at radius 2 is 1.69 bits per heavy atom. The molecular weight excluding hydrogens is 184 g/mol. The van der Waals surface area contributed by atoms with Crippen LogP contribution in [0.25, 0.3) is 0 Å². The lowest BCUT2D eigenvalue weighted by Crippen LogP contribution is -2.12. The zero-order valence-electron chi connectivity index (χ0n) is 7.37. The van der Waals surface area contributed by atoms with Crippen LogP contribution in [0.15, 0.2) is 35.7 Å². The van der Waals surface area contributed by atoms with Crippen LogP contribution in [0, 0.1) is 0 Å². The first kappa shape index (κ1) is 11.9. The molecule has 0 aromatic rings. The van der Waals surface area contributed by atoms with Crippen molar-refractivity contribution in [2.75, 3.05) is 0 Å². The summed E-state index contributed by atoms with van der Waals surface area (Å²) < 4.78 is 49.3. The summed E-state index contributed by atoms with van der Waals surface area (Å²) in [7, 11) is 0. The zero-order valence-corrected chi connectivity index (χ0v) is 7.37. The van der Waals surface area contributed by atoms with Crippen LogP contribution in [0.5, 0.6) is 0 Å². The van der Waals surface area contributed by atoms with E-state index in [1.807, 2.05) is 0 Å². The average molecular weight is 194 g/mol. The van der Waals surface area contributed by atoms with Crippen molar-refractivity contribution in [3.05, 3.63) is 35.7 Å². The van der Waals surface area contributed by atoms with Gasteiger partial charge >= 0.3 is 6.18 Å². The van der Waals surface area contributed by atoms with Gasteiger partial charge in [0.15, 0.2) is 0 Å². The summed E-state index contributed by atoms with van der Waals surface area (Å²) in [6, 6.07) is 0. The summed E-state index contributed by atoms with van der Waals surface area (Å²) >= 11 is 0. The van der Waals surface area contributed by atoms with Crippen LogP contribution in [-0.2, 0) is 0 Å². The van der Waals surface area contributed by atoms with E-state index in [2.05, 4.69) is 6.58 Å². The van der Waals surface area contributed by atoms with Crippen LogP contribution in [-0.4, -0.2) is 6.18 Å². The molecule has 0 aliphatic heterocycles. The first-order chi connectivity index (χ1) is 5.80. The Morgan fingerprint density at radius 1 is 1.23 bits per heavy atom. The predicted octanol–water partition coefficient (Wildman–Crippen LogP) is 3.92. The fourth-order valence-electron chi connectivity index (χ4n) is 0.679. The molecule has 0 aliphatic carbocycles. The number of rotatable bonds is 2. The number of halogens is 4. The van der Waals surface area contributed by atoms with Gasteiger partial charge in [-0.3, -0.25) is 0 Å². The van der Waals surface area contributed by atoms with Gasteiger partial charge in [0.1, 0.15) is 5.83 Å². The van der Waals surface area contributed by atoms with Gasteiger partial charge in [0.25, 0.3) is 0 Å². The third-order valence-corrected chi connectivity index (χ3v) is 1.27. The lowest BCUT2D eigenvalue weighted by Gasteiger charge is -2.09. The number of hydrogen-bond donors (Lipinski definition) is 0. The molecule has 0 aromatic carbocycles. The maximum Gasteiger partial charge on any atom is 0.419 e. The Labute approximate surface area is 74.3 Å². The summed E-state index contributed by atoms with van der Waals surface area (Å²) in [4.78, 5) is 0. The molecule has 0 fully saturated rings. The molecule has 0 saturated carbocycles. The van der Waals surface area contributed by atoms with Crippen LogP contribution >= 0.6 is 0 Å². The van der Waals surface area contributed by atoms with Gasteiger partial charge in [-0.15, -0.1) is 0 Å². The van der Waals surface area contributed by atoms with Gasteiger partial charge in [-0.1, -0.05) is 12.7 Å². The van der Waals surface area contributed by atoms with Crippen molar-refractivity contribution in [3.63, 3.8) is 0 Å². The highest BCUT2D eigenvalue weighted by Crippen LogP contribution is 2.33. The van der Waals surface area contributed by atoms with Crippen molar-refractivity contribution >= 4 is 0 Å². The molecule has 13 heavy (non-hydrogen) atoms. The highest BCUT2D eigenvalue weighted by atomic mass is 19.4. The van der Waals surface area contributed by atoms with E-state index in [4.69, 9.17) is 0 Å². The topological polar surface area (TPSA) is 0 Å². The largest absolute Gasteiger partial charge is 0.419 e. The van der Waals surface area contributed by atoms with Crippen molar-refractivity contribution in [2.45, 2.75) is 20.0 Å². The molecule has 4 heteroatoms. The van der Waals surface area contributed by atoms with Crippen LogP contribution in [0.4, 0.5) is 17.6 Å². The molecule has 0 aliphatic rings. The van der Waals surface area contributed by atoms with Crippen molar-refractivity contribution in [1.82, 2.24) is 0 Å². The van der Waals surface area contributed by atoms with Crippen LogP contribution in [0.3, 0.4) is 0 Å². The summed E-state index contributed by atoms with van der Waals surface area (Å²) in [6.45, 7) is 5.64. The Bertz CT molecular complexity index is 251. The van der Waals surface area contributed by atoms with Gasteiger partial charge in [-0.25, -0.2) is 4.39 Å². The third-order valence-electron chi connectivity index (χ3n) is 1.27. The van der Waals surface area contributed by atoms with Crippen LogP contribution in [0.1, 0.15) is 13.8 Å². The second kappa shape index (κ2) is 4.25. The number of allylic oxidation sites excluding steroid dienone is 5. The molecular formula is C9H10F4. The quantitative estimate of drug-likeness (QED) is 0.461. The van der Waals surface area contributed by atoms with Crippen molar-refractivity contribution in [2.24, 2.45) is 0 Å². The minimum atomic E-state index is -4.67. The van der Waals surface area contributed by atoms with E-state index in [0.717, 1.165) is 6.08 Å². The van der Waals surface area contributed by atoms with E-state index in [0.29, 0.717) is 6.08 Å². The average Bonchev–Trinajstić information content (AvgIpc) is 1.96. The van der Waals surface area contributed by atoms with Crippen molar-refractivity contribution in [3.8, 4) is 0 Å². The highest BCUT2D eigenvalue weighted by Gasteiger charge is 2.36. The lowest BCUT2D eigenvalue weighted by molar-refractivity contribution is -0.0911. The molecule has 0 aromatic heterocycles. The first-order valence-corrected chi connectivity index (χ1v) is 3.54. The fourth-order valence-corrected chi connectivity index (χ4v) is 0.679. The van der Waals surface area contributed by atoms with Crippen LogP contribution in [0.2, 0.25) is 0 Å². The van der Waals surface area contributed by atoms with Gasteiger partial charge in [0, 0.05) is 0 Å². The van der Waals surface area contributed by atoms with Gasteiger partial charge in [-0.2, -0.15) is 13.2 Å². The molecule has 0 saturated heterocycles. The predicted molar refractivity (Wildman–Crippen MR) is 43.8 cm³/mol. The molecule has 0 radical (unpaired) electrons. The molecule has 0 rings (SSSR count). The smallest absolute Gasteiger partial charge is 0.206 e. The SMILES string of the molecule is C=C/C=C(\C(F)=C(C)C)C(F)(F)F. The molecule has 0 N–H and O–H groups in total. The molecule has 74 valence electrons. The van der Waals surface area contributed by atoms with E-state index in [1.165, 1.54) is 13.8 Å². The Hall–Kier alpha value is -1.06. The van der Waals surface area contributed by atoms with E-state index in [1.54, 1.807) is 0 Å². The Kier molecular flexibility index (Phi) is 3.91. The Morgan fingerprint density at radius 3 is 1.92 bits per heavy atom. The monoisotopic (exact) mass is 194 g/mol. The summed E-state index contributed by atoms with van der Waals surface area (Å²) in [6.07, 6.45) is -3.15. The second-order valence-corrected chi connectivity index (χ2v) is 2.63. The molecule has 0 amide bonds. The highest BCUT2D eigenvalue weighted by molar-refractivity contribution is 5.34. The minimum absolute atomic E-state index is 0.00887. The number of hydrogen-bond acceptors (Lipinski definition) is 0. The van der Waals surface area contributed by atoms with Crippen LogP contribution < -0.4 is 0 Å². The molecule has 0 nitrogen and oxygen atoms in total. The summed E-state index contributed by atoms with van der Waals surface area (Å²) in [5.74, 6) is -1.24. The lowest BCUT2D eigenvalue weighted by atomic mass is 10.1. The first-order valence-electron chi connectivity index (χ1n) is 3.54. The van der Waals surface area contributed by atoms with Gasteiger partial charge in [0.05, 0.1) is 5.57 Å². The maximum absolute atomic E-state index is 12.9. The van der Waals surface area contributed by atoms with E-state index in [-0.39, 0.29) is 5.57 Å². The summed E-state index contributed by atoms with van der Waals surface area (Å²) in [5.41, 5.74) is -1.30. The molecule has 0 spiro atoms. The molecule has 0 atom stereocenters. The second-order valence-electron chi connectivity index (χ2n) is 2.63. The third kappa shape index (κ3) is 3.44. The fraction of sp³-hybridized carbons (Fsp3) is 0.333. The maximum atomic E-state index is 12.9. The standard InChI is InChI=1S/C9H10F4/c1-4-5-7(9(11,12)13)8(10)6(2)3/h4-5H,1H2,2-3H3/b7-5+. The normalized spacial score (nSPS) is 12.6. The van der Waals surface area contributed by atoms with E-state index >= 15 is 0 Å². The number of alkyl halides is 3. The van der Waals surface area contributed by atoms with Gasteiger partial charge in [-0.05, 0) is 25.5 Å². The van der Waals surface area contributed by atoms with Crippen molar-refractivity contribution in [1.29, 1.82) is 0 Å². The minimum Gasteiger partial charge on any atom is -0.206 e.